The quantitative estimate of drug-likeness (QED) is 0.448. The van der Waals surface area contributed by atoms with Gasteiger partial charge in [0.2, 0.25) is 0 Å². The SMILES string of the molecule is CCOC(=O)CN(CC)c1ccc([N+](=O)[O-])c(C)c1. The number of anilines is 1. The highest BCUT2D eigenvalue weighted by molar-refractivity contribution is 5.76. The van der Waals surface area contributed by atoms with Gasteiger partial charge in [-0.05, 0) is 32.9 Å². The molecule has 0 N–H and O–H groups in total. The molecule has 0 atom stereocenters. The van der Waals surface area contributed by atoms with Crippen LogP contribution in [0.2, 0.25) is 0 Å². The van der Waals surface area contributed by atoms with Crippen molar-refractivity contribution < 1.29 is 14.5 Å². The van der Waals surface area contributed by atoms with Crippen molar-refractivity contribution >= 4 is 17.3 Å². The number of rotatable bonds is 6. The first kappa shape index (κ1) is 14.9. The van der Waals surface area contributed by atoms with Gasteiger partial charge in [-0.3, -0.25) is 14.9 Å². The molecule has 6 nitrogen and oxygen atoms in total. The summed E-state index contributed by atoms with van der Waals surface area (Å²) in [4.78, 5) is 23.6. The number of ether oxygens (including phenoxy) is 1. The third kappa shape index (κ3) is 3.94. The second-order valence-corrected chi connectivity index (χ2v) is 4.05. The lowest BCUT2D eigenvalue weighted by Crippen LogP contribution is -2.30. The van der Waals surface area contributed by atoms with Crippen molar-refractivity contribution in [3.63, 3.8) is 0 Å². The van der Waals surface area contributed by atoms with Gasteiger partial charge in [-0.1, -0.05) is 0 Å². The van der Waals surface area contributed by atoms with Crippen molar-refractivity contribution in [2.45, 2.75) is 20.8 Å². The van der Waals surface area contributed by atoms with Gasteiger partial charge in [-0.2, -0.15) is 0 Å². The Balaban J connectivity index is 2.90. The number of aryl methyl sites for hydroxylation is 1. The van der Waals surface area contributed by atoms with Crippen LogP contribution in [-0.4, -0.2) is 30.6 Å². The summed E-state index contributed by atoms with van der Waals surface area (Å²) in [6, 6.07) is 4.81. The Morgan fingerprint density at radius 3 is 2.58 bits per heavy atom. The van der Waals surface area contributed by atoms with Crippen molar-refractivity contribution in [1.29, 1.82) is 0 Å². The highest BCUT2D eigenvalue weighted by Gasteiger charge is 2.15. The smallest absolute Gasteiger partial charge is 0.325 e. The first-order valence-corrected chi connectivity index (χ1v) is 6.15. The molecular weight excluding hydrogens is 248 g/mol. The molecule has 19 heavy (non-hydrogen) atoms. The number of nitro groups is 1. The highest BCUT2D eigenvalue weighted by atomic mass is 16.6. The van der Waals surface area contributed by atoms with E-state index in [0.717, 1.165) is 5.69 Å². The molecule has 0 aliphatic rings. The summed E-state index contributed by atoms with van der Waals surface area (Å²) in [5, 5.41) is 10.8. The Kier molecular flexibility index (Phi) is 5.29. The number of carbonyl (C=O) groups is 1. The molecule has 0 spiro atoms. The van der Waals surface area contributed by atoms with Crippen LogP contribution in [0.15, 0.2) is 18.2 Å². The van der Waals surface area contributed by atoms with Crippen LogP contribution in [0.25, 0.3) is 0 Å². The van der Waals surface area contributed by atoms with Crippen LogP contribution in [0.4, 0.5) is 11.4 Å². The van der Waals surface area contributed by atoms with E-state index in [4.69, 9.17) is 4.74 Å². The summed E-state index contributed by atoms with van der Waals surface area (Å²) in [5.41, 5.74) is 1.43. The molecular formula is C13H18N2O4. The van der Waals surface area contributed by atoms with Gasteiger partial charge < -0.3 is 9.64 Å². The molecule has 6 heteroatoms. The van der Waals surface area contributed by atoms with E-state index in [2.05, 4.69) is 0 Å². The fourth-order valence-electron chi connectivity index (χ4n) is 1.79. The first-order chi connectivity index (χ1) is 8.99. The molecule has 0 amide bonds. The summed E-state index contributed by atoms with van der Waals surface area (Å²) in [7, 11) is 0. The van der Waals surface area contributed by atoms with Gasteiger partial charge in [-0.25, -0.2) is 0 Å². The lowest BCUT2D eigenvalue weighted by molar-refractivity contribution is -0.385. The first-order valence-electron chi connectivity index (χ1n) is 6.15. The van der Waals surface area contributed by atoms with Crippen LogP contribution < -0.4 is 4.90 Å². The molecule has 0 aromatic heterocycles. The molecule has 0 bridgehead atoms. The number of nitro benzene ring substituents is 1. The zero-order chi connectivity index (χ0) is 14.4. The lowest BCUT2D eigenvalue weighted by atomic mass is 10.1. The third-order valence-electron chi connectivity index (χ3n) is 2.75. The Hall–Kier alpha value is -2.11. The van der Waals surface area contributed by atoms with Crippen LogP contribution in [0, 0.1) is 17.0 Å². The number of esters is 1. The number of hydrogen-bond acceptors (Lipinski definition) is 5. The maximum atomic E-state index is 11.5. The van der Waals surface area contributed by atoms with E-state index in [1.165, 1.54) is 6.07 Å². The summed E-state index contributed by atoms with van der Waals surface area (Å²) in [6.45, 7) is 6.45. The number of likely N-dealkylation sites (N-methyl/N-ethyl adjacent to an activating group) is 1. The Morgan fingerprint density at radius 1 is 1.42 bits per heavy atom. The number of carbonyl (C=O) groups excluding carboxylic acids is 1. The van der Waals surface area contributed by atoms with Crippen LogP contribution in [0.5, 0.6) is 0 Å². The summed E-state index contributed by atoms with van der Waals surface area (Å²) in [6.07, 6.45) is 0. The van der Waals surface area contributed by atoms with Crippen LogP contribution in [0.3, 0.4) is 0 Å². The minimum absolute atomic E-state index is 0.0796. The van der Waals surface area contributed by atoms with E-state index in [1.54, 1.807) is 26.0 Å². The van der Waals surface area contributed by atoms with Crippen molar-refractivity contribution in [2.24, 2.45) is 0 Å². The molecule has 0 heterocycles. The molecule has 0 saturated carbocycles. The largest absolute Gasteiger partial charge is 0.465 e. The summed E-state index contributed by atoms with van der Waals surface area (Å²) >= 11 is 0. The van der Waals surface area contributed by atoms with Gasteiger partial charge in [0.1, 0.15) is 6.54 Å². The standard InChI is InChI=1S/C13H18N2O4/c1-4-14(9-13(16)19-5-2)11-6-7-12(15(17)18)10(3)8-11/h6-8H,4-5,9H2,1-3H3. The predicted octanol–water partition coefficient (Wildman–Crippen LogP) is 2.29. The van der Waals surface area contributed by atoms with E-state index >= 15 is 0 Å². The number of hydrogen-bond donors (Lipinski definition) is 0. The van der Waals surface area contributed by atoms with E-state index in [0.29, 0.717) is 18.7 Å². The average molecular weight is 266 g/mol. The molecule has 0 fully saturated rings. The monoisotopic (exact) mass is 266 g/mol. The second kappa shape index (κ2) is 6.72. The molecule has 1 aromatic carbocycles. The van der Waals surface area contributed by atoms with Crippen molar-refractivity contribution in [1.82, 2.24) is 0 Å². The van der Waals surface area contributed by atoms with Crippen LogP contribution >= 0.6 is 0 Å². The van der Waals surface area contributed by atoms with E-state index in [1.807, 2.05) is 11.8 Å². The molecule has 0 aliphatic heterocycles. The fourth-order valence-corrected chi connectivity index (χ4v) is 1.79. The highest BCUT2D eigenvalue weighted by Crippen LogP contribution is 2.24. The van der Waals surface area contributed by atoms with E-state index in [9.17, 15) is 14.9 Å². The van der Waals surface area contributed by atoms with Crippen LogP contribution in [-0.2, 0) is 9.53 Å². The van der Waals surface area contributed by atoms with E-state index < -0.39 is 4.92 Å². The van der Waals surface area contributed by atoms with Crippen molar-refractivity contribution in [3.05, 3.63) is 33.9 Å². The topological polar surface area (TPSA) is 72.7 Å². The minimum Gasteiger partial charge on any atom is -0.465 e. The van der Waals surface area contributed by atoms with E-state index in [-0.39, 0.29) is 18.2 Å². The molecule has 0 unspecified atom stereocenters. The number of nitrogens with zero attached hydrogens (tertiary/aromatic N) is 2. The molecule has 0 aliphatic carbocycles. The molecule has 0 radical (unpaired) electrons. The summed E-state index contributed by atoms with van der Waals surface area (Å²) < 4.78 is 4.90. The predicted molar refractivity (Wildman–Crippen MR) is 72.4 cm³/mol. The maximum absolute atomic E-state index is 11.5. The van der Waals surface area contributed by atoms with Gasteiger partial charge in [0.05, 0.1) is 11.5 Å². The van der Waals surface area contributed by atoms with Crippen LogP contribution in [0.1, 0.15) is 19.4 Å². The maximum Gasteiger partial charge on any atom is 0.325 e. The molecule has 1 aromatic rings. The van der Waals surface area contributed by atoms with Gasteiger partial charge in [0, 0.05) is 23.9 Å². The minimum atomic E-state index is -0.416. The zero-order valence-corrected chi connectivity index (χ0v) is 11.4. The van der Waals surface area contributed by atoms with Gasteiger partial charge in [0.15, 0.2) is 0 Å². The zero-order valence-electron chi connectivity index (χ0n) is 11.4. The number of benzene rings is 1. The Labute approximate surface area is 112 Å². The molecule has 1 rings (SSSR count). The normalized spacial score (nSPS) is 10.1. The van der Waals surface area contributed by atoms with Gasteiger partial charge >= 0.3 is 5.97 Å². The molecule has 104 valence electrons. The summed E-state index contributed by atoms with van der Waals surface area (Å²) in [5.74, 6) is -0.305. The van der Waals surface area contributed by atoms with Crippen molar-refractivity contribution in [3.8, 4) is 0 Å². The second-order valence-electron chi connectivity index (χ2n) is 4.05. The van der Waals surface area contributed by atoms with Crippen molar-refractivity contribution in [2.75, 3.05) is 24.6 Å². The molecule has 0 saturated heterocycles. The Bertz CT molecular complexity index is 474. The Morgan fingerprint density at radius 2 is 2.11 bits per heavy atom. The third-order valence-corrected chi connectivity index (χ3v) is 2.75. The lowest BCUT2D eigenvalue weighted by Gasteiger charge is -2.22. The average Bonchev–Trinajstić information content (AvgIpc) is 2.35. The van der Waals surface area contributed by atoms with Gasteiger partial charge in [-0.15, -0.1) is 0 Å². The fraction of sp³-hybridized carbons (Fsp3) is 0.462. The van der Waals surface area contributed by atoms with Gasteiger partial charge in [0.25, 0.3) is 5.69 Å².